The van der Waals surface area contributed by atoms with Crippen molar-refractivity contribution in [3.8, 4) is 17.2 Å². The molecule has 29 heavy (non-hydrogen) atoms. The van der Waals surface area contributed by atoms with E-state index >= 15 is 0 Å². The topological polar surface area (TPSA) is 117 Å². The Labute approximate surface area is 169 Å². The fourth-order valence-electron chi connectivity index (χ4n) is 2.93. The third-order valence-electron chi connectivity index (χ3n) is 4.30. The van der Waals surface area contributed by atoms with Gasteiger partial charge in [0.25, 0.3) is 0 Å². The molecule has 1 amide bonds. The zero-order valence-corrected chi connectivity index (χ0v) is 16.9. The Morgan fingerprint density at radius 3 is 2.69 bits per heavy atom. The van der Waals surface area contributed by atoms with Crippen molar-refractivity contribution in [2.45, 2.75) is 18.2 Å². The largest absolute Gasteiger partial charge is 0.493 e. The van der Waals surface area contributed by atoms with Gasteiger partial charge in [0.2, 0.25) is 21.7 Å². The highest BCUT2D eigenvalue weighted by atomic mass is 32.2. The molecule has 9 heteroatoms. The van der Waals surface area contributed by atoms with Crippen molar-refractivity contribution in [2.75, 3.05) is 25.6 Å². The van der Waals surface area contributed by atoms with Crippen molar-refractivity contribution in [1.82, 2.24) is 0 Å². The summed E-state index contributed by atoms with van der Waals surface area (Å²) >= 11 is 0. The minimum Gasteiger partial charge on any atom is -0.493 e. The maximum atomic E-state index is 12.3. The Balaban J connectivity index is 1.78. The second-order valence-corrected chi connectivity index (χ2v) is 7.82. The van der Waals surface area contributed by atoms with Crippen molar-refractivity contribution >= 4 is 27.7 Å². The Morgan fingerprint density at radius 2 is 2.00 bits per heavy atom. The number of ether oxygens (including phenoxy) is 3. The van der Waals surface area contributed by atoms with E-state index in [2.05, 4.69) is 5.32 Å². The van der Waals surface area contributed by atoms with Gasteiger partial charge in [-0.05, 0) is 47.9 Å². The number of aryl methyl sites for hydroxylation is 1. The predicted molar refractivity (Wildman–Crippen MR) is 109 cm³/mol. The molecule has 0 unspecified atom stereocenters. The average Bonchev–Trinajstić information content (AvgIpc) is 2.71. The SMILES string of the molecule is CCc1ccc(NC(=O)/C=C/c2cc(OC)c3c(c2)OCCO3)cc1S(N)(=O)=O. The van der Waals surface area contributed by atoms with E-state index in [4.69, 9.17) is 19.3 Å². The third kappa shape index (κ3) is 4.87. The van der Waals surface area contributed by atoms with Gasteiger partial charge in [0.1, 0.15) is 13.2 Å². The molecule has 1 heterocycles. The Kier molecular flexibility index (Phi) is 6.09. The second-order valence-electron chi connectivity index (χ2n) is 6.29. The summed E-state index contributed by atoms with van der Waals surface area (Å²) in [6.07, 6.45) is 3.43. The van der Waals surface area contributed by atoms with Gasteiger partial charge in [-0.2, -0.15) is 0 Å². The van der Waals surface area contributed by atoms with E-state index in [1.54, 1.807) is 30.3 Å². The van der Waals surface area contributed by atoms with Gasteiger partial charge in [0.05, 0.1) is 12.0 Å². The van der Waals surface area contributed by atoms with E-state index in [1.165, 1.54) is 19.3 Å². The number of amides is 1. The van der Waals surface area contributed by atoms with E-state index in [-0.39, 0.29) is 4.90 Å². The maximum Gasteiger partial charge on any atom is 0.248 e. The first-order valence-corrected chi connectivity index (χ1v) is 10.5. The molecule has 154 valence electrons. The number of methoxy groups -OCH3 is 1. The van der Waals surface area contributed by atoms with Crippen LogP contribution in [0, 0.1) is 0 Å². The highest BCUT2D eigenvalue weighted by molar-refractivity contribution is 7.89. The molecule has 3 rings (SSSR count). The molecule has 2 aromatic rings. The number of sulfonamides is 1. The van der Waals surface area contributed by atoms with Crippen LogP contribution in [0.5, 0.6) is 17.2 Å². The van der Waals surface area contributed by atoms with Crippen LogP contribution in [0.3, 0.4) is 0 Å². The van der Waals surface area contributed by atoms with Gasteiger partial charge in [-0.25, -0.2) is 13.6 Å². The molecule has 2 aromatic carbocycles. The van der Waals surface area contributed by atoms with Crippen molar-refractivity contribution in [2.24, 2.45) is 5.14 Å². The first-order chi connectivity index (χ1) is 13.8. The predicted octanol–water partition coefficient (Wildman–Crippen LogP) is 2.33. The number of nitrogens with one attached hydrogen (secondary N) is 1. The van der Waals surface area contributed by atoms with Crippen LogP contribution in [-0.2, 0) is 21.2 Å². The summed E-state index contributed by atoms with van der Waals surface area (Å²) in [7, 11) is -2.36. The van der Waals surface area contributed by atoms with E-state index in [0.717, 1.165) is 0 Å². The van der Waals surface area contributed by atoms with E-state index in [9.17, 15) is 13.2 Å². The summed E-state index contributed by atoms with van der Waals surface area (Å²) in [4.78, 5) is 12.3. The van der Waals surface area contributed by atoms with E-state index < -0.39 is 15.9 Å². The van der Waals surface area contributed by atoms with Crippen LogP contribution in [0.25, 0.3) is 6.08 Å². The Morgan fingerprint density at radius 1 is 1.24 bits per heavy atom. The molecule has 0 radical (unpaired) electrons. The number of benzene rings is 2. The highest BCUT2D eigenvalue weighted by Crippen LogP contribution is 2.40. The van der Waals surface area contributed by atoms with E-state index in [1.807, 2.05) is 6.92 Å². The number of rotatable bonds is 6. The smallest absolute Gasteiger partial charge is 0.248 e. The van der Waals surface area contributed by atoms with Crippen molar-refractivity contribution in [1.29, 1.82) is 0 Å². The van der Waals surface area contributed by atoms with Crippen LogP contribution in [0.4, 0.5) is 5.69 Å². The molecule has 1 aliphatic rings. The van der Waals surface area contributed by atoms with Crippen LogP contribution in [0.15, 0.2) is 41.3 Å². The van der Waals surface area contributed by atoms with Gasteiger partial charge >= 0.3 is 0 Å². The van der Waals surface area contributed by atoms with Crippen molar-refractivity contribution in [3.05, 3.63) is 47.5 Å². The maximum absolute atomic E-state index is 12.3. The molecule has 0 atom stereocenters. The molecule has 0 fully saturated rings. The molecule has 3 N–H and O–H groups in total. The average molecular weight is 418 g/mol. The third-order valence-corrected chi connectivity index (χ3v) is 5.29. The summed E-state index contributed by atoms with van der Waals surface area (Å²) in [6.45, 7) is 2.70. The molecular formula is C20H22N2O6S. The molecule has 0 aliphatic carbocycles. The highest BCUT2D eigenvalue weighted by Gasteiger charge is 2.18. The normalized spacial score (nSPS) is 13.3. The summed E-state index contributed by atoms with van der Waals surface area (Å²) < 4.78 is 39.9. The Hall–Kier alpha value is -3.04. The number of carbonyl (C=O) groups is 1. The standard InChI is InChI=1S/C20H22N2O6S/c1-3-14-5-6-15(12-18(14)29(21,24)25)22-19(23)7-4-13-10-16(26-2)20-17(11-13)27-8-9-28-20/h4-7,10-12H,3,8-9H2,1-2H3,(H,22,23)(H2,21,24,25)/b7-4+. The van der Waals surface area contributed by atoms with Gasteiger partial charge in [-0.1, -0.05) is 13.0 Å². The lowest BCUT2D eigenvalue weighted by Gasteiger charge is -2.20. The van der Waals surface area contributed by atoms with Crippen LogP contribution >= 0.6 is 0 Å². The minimum atomic E-state index is -3.88. The molecule has 0 spiro atoms. The molecule has 0 bridgehead atoms. The van der Waals surface area contributed by atoms with Crippen molar-refractivity contribution < 1.29 is 27.4 Å². The summed E-state index contributed by atoms with van der Waals surface area (Å²) in [5, 5.41) is 7.90. The molecule has 8 nitrogen and oxygen atoms in total. The molecular weight excluding hydrogens is 396 g/mol. The quantitative estimate of drug-likeness (QED) is 0.696. The summed E-state index contributed by atoms with van der Waals surface area (Å²) in [6, 6.07) is 8.09. The van der Waals surface area contributed by atoms with Crippen LogP contribution in [0.2, 0.25) is 0 Å². The zero-order chi connectivity index (χ0) is 21.0. The van der Waals surface area contributed by atoms with Gasteiger partial charge < -0.3 is 19.5 Å². The first-order valence-electron chi connectivity index (χ1n) is 8.94. The number of nitrogens with two attached hydrogens (primary N) is 1. The number of hydrogen-bond acceptors (Lipinski definition) is 6. The number of anilines is 1. The lowest BCUT2D eigenvalue weighted by molar-refractivity contribution is -0.111. The van der Waals surface area contributed by atoms with Gasteiger partial charge in [0.15, 0.2) is 11.5 Å². The number of fused-ring (bicyclic) bond motifs is 1. The number of primary sulfonamides is 1. The van der Waals surface area contributed by atoms with Crippen molar-refractivity contribution in [3.63, 3.8) is 0 Å². The Bertz CT molecular complexity index is 1050. The monoisotopic (exact) mass is 418 g/mol. The fourth-order valence-corrected chi connectivity index (χ4v) is 3.80. The first kappa shape index (κ1) is 20.7. The second kappa shape index (κ2) is 8.54. The zero-order valence-electron chi connectivity index (χ0n) is 16.1. The van der Waals surface area contributed by atoms with Gasteiger partial charge in [-0.15, -0.1) is 0 Å². The van der Waals surface area contributed by atoms with Crippen LogP contribution < -0.4 is 24.7 Å². The molecule has 1 aliphatic heterocycles. The summed E-state index contributed by atoms with van der Waals surface area (Å²) in [5.74, 6) is 1.16. The molecule has 0 saturated carbocycles. The fraction of sp³-hybridized carbons (Fsp3) is 0.250. The lowest BCUT2D eigenvalue weighted by Crippen LogP contribution is -2.16. The number of carbonyl (C=O) groups excluding carboxylic acids is 1. The summed E-state index contributed by atoms with van der Waals surface area (Å²) in [5.41, 5.74) is 1.61. The van der Waals surface area contributed by atoms with Gasteiger partial charge in [0, 0.05) is 11.8 Å². The van der Waals surface area contributed by atoms with Crippen LogP contribution in [0.1, 0.15) is 18.1 Å². The van der Waals surface area contributed by atoms with Crippen LogP contribution in [-0.4, -0.2) is 34.6 Å². The number of hydrogen-bond donors (Lipinski definition) is 2. The molecule has 0 saturated heterocycles. The molecule has 0 aromatic heterocycles. The van der Waals surface area contributed by atoms with E-state index in [0.29, 0.717) is 53.7 Å². The van der Waals surface area contributed by atoms with Gasteiger partial charge in [-0.3, -0.25) is 4.79 Å². The minimum absolute atomic E-state index is 0.00153. The lowest BCUT2D eigenvalue weighted by atomic mass is 10.1.